The molecule has 2 aliphatic rings. The molecule has 0 saturated carbocycles. The Morgan fingerprint density at radius 1 is 0.328 bits per heavy atom. The average molecular weight is 753 g/mol. The van der Waals surface area contributed by atoms with E-state index in [2.05, 4.69) is 121 Å². The van der Waals surface area contributed by atoms with Gasteiger partial charge in [0.1, 0.15) is 36.2 Å². The summed E-state index contributed by atoms with van der Waals surface area (Å²) >= 11 is 0. The molecule has 280 valence electrons. The smallest absolute Gasteiger partial charge is 0.119 e. The first-order valence-electron chi connectivity index (χ1n) is 19.7. The zero-order chi connectivity index (χ0) is 39.1. The van der Waals surface area contributed by atoms with Crippen LogP contribution >= 0.6 is 0 Å². The highest BCUT2D eigenvalue weighted by molar-refractivity contribution is 5.87. The van der Waals surface area contributed by atoms with Crippen LogP contribution in [0.15, 0.2) is 206 Å². The molecule has 10 rings (SSSR count). The maximum atomic E-state index is 10.2. The molecule has 0 amide bonds. The van der Waals surface area contributed by atoms with Crippen molar-refractivity contribution in [2.45, 2.75) is 10.8 Å². The second kappa shape index (κ2) is 14.3. The fraction of sp³-hybridized carbons (Fsp3) is 0.0741. The van der Waals surface area contributed by atoms with E-state index in [1.165, 1.54) is 44.5 Å². The van der Waals surface area contributed by atoms with Gasteiger partial charge in [-0.1, -0.05) is 146 Å². The fourth-order valence-corrected chi connectivity index (χ4v) is 9.50. The van der Waals surface area contributed by atoms with Crippen molar-refractivity contribution in [3.05, 3.63) is 251 Å². The number of phenolic OH excluding ortho intramolecular Hbond substituents is 2. The maximum absolute atomic E-state index is 10.2. The van der Waals surface area contributed by atoms with Gasteiger partial charge in [-0.25, -0.2) is 0 Å². The van der Waals surface area contributed by atoms with E-state index in [4.69, 9.17) is 9.47 Å². The Balaban J connectivity index is 0.848. The molecule has 0 radical (unpaired) electrons. The zero-order valence-electron chi connectivity index (χ0n) is 31.8. The highest BCUT2D eigenvalue weighted by Crippen LogP contribution is 2.57. The van der Waals surface area contributed by atoms with Gasteiger partial charge >= 0.3 is 0 Å². The van der Waals surface area contributed by atoms with Crippen LogP contribution in [0.25, 0.3) is 22.3 Å². The topological polar surface area (TPSA) is 58.9 Å². The lowest BCUT2D eigenvalue weighted by molar-refractivity contribution is 0.350. The Morgan fingerprint density at radius 2 is 0.586 bits per heavy atom. The van der Waals surface area contributed by atoms with Crippen molar-refractivity contribution in [2.75, 3.05) is 13.2 Å². The Kier molecular flexibility index (Phi) is 8.68. The van der Waals surface area contributed by atoms with Crippen LogP contribution in [0, 0.1) is 0 Å². The molecule has 2 aliphatic carbocycles. The van der Waals surface area contributed by atoms with Gasteiger partial charge in [0.2, 0.25) is 0 Å². The zero-order valence-corrected chi connectivity index (χ0v) is 31.8. The van der Waals surface area contributed by atoms with Crippen LogP contribution in [0.5, 0.6) is 23.0 Å². The van der Waals surface area contributed by atoms with Gasteiger partial charge < -0.3 is 19.7 Å². The molecule has 0 aliphatic heterocycles. The predicted molar refractivity (Wildman–Crippen MR) is 231 cm³/mol. The molecule has 0 aromatic heterocycles. The van der Waals surface area contributed by atoms with E-state index in [9.17, 15) is 10.2 Å². The van der Waals surface area contributed by atoms with Gasteiger partial charge in [0, 0.05) is 0 Å². The summed E-state index contributed by atoms with van der Waals surface area (Å²) in [5.74, 6) is 2.05. The van der Waals surface area contributed by atoms with Crippen LogP contribution in [-0.2, 0) is 10.8 Å². The molecule has 0 atom stereocenters. The highest BCUT2D eigenvalue weighted by Gasteiger charge is 2.47. The van der Waals surface area contributed by atoms with Crippen molar-refractivity contribution in [1.29, 1.82) is 0 Å². The number of aromatic hydroxyl groups is 2. The SMILES string of the molecule is Oc1ccc(C2(c3ccc(OC/C=C/COc4ccc(C5(c6ccc(O)cc6)c6ccccc6-c6ccccc65)cc4)cc3)c3ccccc3-c3ccccc32)cc1. The lowest BCUT2D eigenvalue weighted by Gasteiger charge is -2.34. The second-order valence-electron chi connectivity index (χ2n) is 14.9. The molecule has 4 nitrogen and oxygen atoms in total. The quantitative estimate of drug-likeness (QED) is 0.137. The van der Waals surface area contributed by atoms with Crippen LogP contribution in [-0.4, -0.2) is 23.4 Å². The van der Waals surface area contributed by atoms with E-state index in [0.717, 1.165) is 33.8 Å². The van der Waals surface area contributed by atoms with Crippen molar-refractivity contribution in [3.8, 4) is 45.3 Å². The molecule has 0 heterocycles. The van der Waals surface area contributed by atoms with E-state index in [-0.39, 0.29) is 11.5 Å². The number of ether oxygens (including phenoxy) is 2. The normalized spacial score (nSPS) is 14.0. The minimum absolute atomic E-state index is 0.246. The number of phenols is 2. The van der Waals surface area contributed by atoms with Crippen LogP contribution in [0.3, 0.4) is 0 Å². The maximum Gasteiger partial charge on any atom is 0.119 e. The number of hydrogen-bond acceptors (Lipinski definition) is 4. The third kappa shape index (κ3) is 5.52. The summed E-state index contributed by atoms with van der Waals surface area (Å²) in [4.78, 5) is 0. The Bertz CT molecular complexity index is 2500. The van der Waals surface area contributed by atoms with E-state index < -0.39 is 10.8 Å². The van der Waals surface area contributed by atoms with Crippen LogP contribution in [0.4, 0.5) is 0 Å². The summed E-state index contributed by atoms with van der Waals surface area (Å²) in [7, 11) is 0. The van der Waals surface area contributed by atoms with E-state index in [1.54, 1.807) is 24.3 Å². The molecule has 0 bridgehead atoms. The monoisotopic (exact) mass is 752 g/mol. The summed E-state index contributed by atoms with van der Waals surface area (Å²) < 4.78 is 12.3. The molecule has 0 spiro atoms. The van der Waals surface area contributed by atoms with E-state index >= 15 is 0 Å². The molecule has 0 saturated heterocycles. The lowest BCUT2D eigenvalue weighted by Crippen LogP contribution is -2.28. The Hall–Kier alpha value is -7.30. The second-order valence-corrected chi connectivity index (χ2v) is 14.9. The molecule has 8 aromatic carbocycles. The first-order valence-corrected chi connectivity index (χ1v) is 19.7. The third-order valence-electron chi connectivity index (χ3n) is 11.9. The Morgan fingerprint density at radius 3 is 0.879 bits per heavy atom. The highest BCUT2D eigenvalue weighted by atomic mass is 16.5. The van der Waals surface area contributed by atoms with Crippen molar-refractivity contribution in [3.63, 3.8) is 0 Å². The first-order chi connectivity index (χ1) is 28.6. The summed E-state index contributed by atoms with van der Waals surface area (Å²) in [6.45, 7) is 0.814. The standard InChI is InChI=1S/C54H40O4/c55-41-27-19-37(20-28-41)53(49-15-5-1-11-45(49)46-12-2-6-16-50(46)53)39-23-31-43(32-24-39)57-35-9-10-36-58-44-33-25-40(26-34-44)54(38-21-29-42(56)30-22-38)51-17-7-3-13-47(51)48-14-4-8-18-52(48)54/h1-34,55-56H,35-36H2/b10-9+. The average Bonchev–Trinajstić information content (AvgIpc) is 3.75. The van der Waals surface area contributed by atoms with Gasteiger partial charge in [-0.3, -0.25) is 0 Å². The number of fused-ring (bicyclic) bond motifs is 6. The van der Waals surface area contributed by atoms with Gasteiger partial charge in [0.25, 0.3) is 0 Å². The predicted octanol–water partition coefficient (Wildman–Crippen LogP) is 11.8. The number of rotatable bonds is 10. The molecule has 58 heavy (non-hydrogen) atoms. The van der Waals surface area contributed by atoms with E-state index in [1.807, 2.05) is 60.7 Å². The van der Waals surface area contributed by atoms with Gasteiger partial charge in [0.15, 0.2) is 0 Å². The molecule has 2 N–H and O–H groups in total. The van der Waals surface area contributed by atoms with Crippen molar-refractivity contribution in [2.24, 2.45) is 0 Å². The Labute approximate surface area is 338 Å². The minimum atomic E-state index is -0.535. The number of hydrogen-bond donors (Lipinski definition) is 2. The summed E-state index contributed by atoms with van der Waals surface area (Å²) in [6, 6.07) is 66.5. The summed E-state index contributed by atoms with van der Waals surface area (Å²) in [5, 5.41) is 20.4. The minimum Gasteiger partial charge on any atom is -0.508 e. The van der Waals surface area contributed by atoms with Crippen molar-refractivity contribution >= 4 is 0 Å². The summed E-state index contributed by atoms with van der Waals surface area (Å²) in [5.41, 5.74) is 13.2. The van der Waals surface area contributed by atoms with Gasteiger partial charge in [-0.05, 0) is 127 Å². The molecular weight excluding hydrogens is 713 g/mol. The molecule has 0 fully saturated rings. The molecule has 8 aromatic rings. The van der Waals surface area contributed by atoms with Gasteiger partial charge in [-0.2, -0.15) is 0 Å². The molecular formula is C54H40O4. The largest absolute Gasteiger partial charge is 0.508 e. The summed E-state index contributed by atoms with van der Waals surface area (Å²) in [6.07, 6.45) is 3.96. The van der Waals surface area contributed by atoms with Crippen LogP contribution in [0.2, 0.25) is 0 Å². The third-order valence-corrected chi connectivity index (χ3v) is 11.9. The van der Waals surface area contributed by atoms with Gasteiger partial charge in [0.05, 0.1) is 10.8 Å². The van der Waals surface area contributed by atoms with Crippen molar-refractivity contribution in [1.82, 2.24) is 0 Å². The first kappa shape index (κ1) is 35.1. The number of benzene rings is 8. The molecule has 0 unspecified atom stereocenters. The van der Waals surface area contributed by atoms with E-state index in [0.29, 0.717) is 13.2 Å². The van der Waals surface area contributed by atoms with Crippen molar-refractivity contribution < 1.29 is 19.7 Å². The van der Waals surface area contributed by atoms with Crippen LogP contribution < -0.4 is 9.47 Å². The fourth-order valence-electron chi connectivity index (χ4n) is 9.50. The van der Waals surface area contributed by atoms with Crippen LogP contribution in [0.1, 0.15) is 44.5 Å². The lowest BCUT2D eigenvalue weighted by atomic mass is 9.68. The molecule has 4 heteroatoms. The van der Waals surface area contributed by atoms with Gasteiger partial charge in [-0.15, -0.1) is 0 Å².